The molecule has 0 spiro atoms. The quantitative estimate of drug-likeness (QED) is 0.0195. The number of nitrogens with zero attached hydrogens (tertiary/aromatic N) is 1. The number of ether oxygens (including phenoxy) is 2. The predicted octanol–water partition coefficient (Wildman–Crippen LogP) is 21.1. The summed E-state index contributed by atoms with van der Waals surface area (Å²) in [5.74, 6) is -0.906. The first-order valence-corrected chi connectivity index (χ1v) is 34.6. The zero-order chi connectivity index (χ0) is 62.6. The van der Waals surface area contributed by atoms with Crippen molar-refractivity contribution >= 4 is 19.8 Å². The van der Waals surface area contributed by atoms with Crippen molar-refractivity contribution in [2.45, 2.75) is 225 Å². The number of esters is 2. The highest BCUT2D eigenvalue weighted by molar-refractivity contribution is 7.45. The lowest BCUT2D eigenvalue weighted by Crippen LogP contribution is -2.37. The zero-order valence-electron chi connectivity index (χ0n) is 54.7. The Hall–Kier alpha value is -5.15. The minimum Gasteiger partial charge on any atom is -0.756 e. The Labute approximate surface area is 526 Å². The second-order valence-corrected chi connectivity index (χ2v) is 23.8. The molecule has 0 rings (SSSR count). The fourth-order valence-electron chi connectivity index (χ4n) is 8.10. The van der Waals surface area contributed by atoms with Crippen LogP contribution in [0.25, 0.3) is 0 Å². The van der Waals surface area contributed by atoms with Gasteiger partial charge in [-0.3, -0.25) is 14.2 Å². The molecule has 0 aliphatic rings. The smallest absolute Gasteiger partial charge is 0.306 e. The van der Waals surface area contributed by atoms with Crippen molar-refractivity contribution < 1.29 is 42.1 Å². The minimum atomic E-state index is -4.67. The van der Waals surface area contributed by atoms with Crippen molar-refractivity contribution in [1.82, 2.24) is 0 Å². The summed E-state index contributed by atoms with van der Waals surface area (Å²) in [5, 5.41) is 0. The van der Waals surface area contributed by atoms with E-state index < -0.39 is 32.5 Å². The van der Waals surface area contributed by atoms with Gasteiger partial charge in [-0.15, -0.1) is 0 Å². The van der Waals surface area contributed by atoms with E-state index in [1.807, 2.05) is 21.1 Å². The van der Waals surface area contributed by atoms with E-state index in [2.05, 4.69) is 208 Å². The maximum absolute atomic E-state index is 12.8. The summed E-state index contributed by atoms with van der Waals surface area (Å²) in [6, 6.07) is 0. The van der Waals surface area contributed by atoms with Crippen molar-refractivity contribution in [3.8, 4) is 0 Å². The summed E-state index contributed by atoms with van der Waals surface area (Å²) in [6.07, 6.45) is 101. The maximum Gasteiger partial charge on any atom is 0.306 e. The van der Waals surface area contributed by atoms with Crippen LogP contribution >= 0.6 is 7.82 Å². The Kier molecular flexibility index (Phi) is 60.5. The molecule has 0 aliphatic heterocycles. The molecular weight excluding hydrogens is 1090 g/mol. The maximum atomic E-state index is 12.8. The van der Waals surface area contributed by atoms with Crippen molar-refractivity contribution in [3.63, 3.8) is 0 Å². The summed E-state index contributed by atoms with van der Waals surface area (Å²) in [5.41, 5.74) is 0. The van der Waals surface area contributed by atoms with Gasteiger partial charge < -0.3 is 27.9 Å². The molecule has 0 N–H and O–H groups in total. The Morgan fingerprint density at radius 2 is 0.628 bits per heavy atom. The third kappa shape index (κ3) is 68.0. The lowest BCUT2D eigenvalue weighted by atomic mass is 10.1. The van der Waals surface area contributed by atoms with Gasteiger partial charge in [0.15, 0.2) is 6.10 Å². The van der Waals surface area contributed by atoms with E-state index >= 15 is 0 Å². The van der Waals surface area contributed by atoms with Crippen LogP contribution in [-0.2, 0) is 32.7 Å². The van der Waals surface area contributed by atoms with Crippen LogP contribution in [0.2, 0.25) is 0 Å². The van der Waals surface area contributed by atoms with E-state index in [0.29, 0.717) is 23.9 Å². The Morgan fingerprint density at radius 3 is 0.953 bits per heavy atom. The average molecular weight is 1210 g/mol. The van der Waals surface area contributed by atoms with Crippen LogP contribution in [0.4, 0.5) is 0 Å². The van der Waals surface area contributed by atoms with Crippen molar-refractivity contribution in [2.75, 3.05) is 47.5 Å². The Morgan fingerprint density at radius 1 is 0.360 bits per heavy atom. The fraction of sp³-hybridized carbons (Fsp3) is 0.553. The van der Waals surface area contributed by atoms with Gasteiger partial charge in [-0.25, -0.2) is 0 Å². The molecule has 0 aromatic heterocycles. The molecule has 0 heterocycles. The third-order valence-corrected chi connectivity index (χ3v) is 14.1. The van der Waals surface area contributed by atoms with Gasteiger partial charge in [-0.2, -0.15) is 0 Å². The minimum absolute atomic E-state index is 0.0517. The SMILES string of the molecule is CC/C=C\C/C=C\C/C=C\C/C=C\C/C=C\C/C=C\C/C=C\C/C=C\C/C=C\C/C=C\CCCCC(=O)OC(COC(=O)CCCCCCCCCCCC/C=C\C/C=C\C/C=C\C/C=C\C/C=C\C/C=C\CC)COP(=O)([O-])OCC[N+](C)(C)C. The number of hydrogen-bond acceptors (Lipinski definition) is 8. The van der Waals surface area contributed by atoms with Crippen molar-refractivity contribution in [2.24, 2.45) is 0 Å². The van der Waals surface area contributed by atoms with Crippen molar-refractivity contribution in [3.05, 3.63) is 194 Å². The molecule has 0 saturated heterocycles. The summed E-state index contributed by atoms with van der Waals surface area (Å²) >= 11 is 0. The van der Waals surface area contributed by atoms with Crippen molar-refractivity contribution in [1.29, 1.82) is 0 Å². The molecule has 2 atom stereocenters. The lowest BCUT2D eigenvalue weighted by molar-refractivity contribution is -0.870. The summed E-state index contributed by atoms with van der Waals surface area (Å²) in [4.78, 5) is 38.0. The number of carbonyl (C=O) groups excluding carboxylic acids is 2. The molecule has 0 aromatic carbocycles. The summed E-state index contributed by atoms with van der Waals surface area (Å²) < 4.78 is 34.2. The first kappa shape index (κ1) is 80.8. The second kappa shape index (κ2) is 64.3. The molecule has 0 saturated carbocycles. The van der Waals surface area contributed by atoms with E-state index in [9.17, 15) is 19.0 Å². The van der Waals surface area contributed by atoms with Gasteiger partial charge in [0.25, 0.3) is 7.82 Å². The Bertz CT molecular complexity index is 2150. The highest BCUT2D eigenvalue weighted by Crippen LogP contribution is 2.38. The number of phosphoric ester groups is 1. The topological polar surface area (TPSA) is 111 Å². The highest BCUT2D eigenvalue weighted by atomic mass is 31.2. The molecule has 0 fully saturated rings. The highest BCUT2D eigenvalue weighted by Gasteiger charge is 2.22. The van der Waals surface area contributed by atoms with Gasteiger partial charge >= 0.3 is 11.9 Å². The molecule has 0 radical (unpaired) electrons. The molecule has 0 aliphatic carbocycles. The van der Waals surface area contributed by atoms with Crippen LogP contribution in [0.3, 0.4) is 0 Å². The standard InChI is InChI=1S/C76H120NO8P/c1-6-8-10-12-14-16-18-20-22-24-26-28-30-32-34-36-37-38-39-41-43-45-47-49-51-53-55-57-59-61-63-65-67-69-76(79)85-74(73-84-86(80,81)83-71-70-77(3,4)5)72-82-75(78)68-66-64-62-60-58-56-54-52-50-48-46-44-42-40-35-33-31-29-27-25-23-21-19-17-15-13-11-9-7-2/h8-11,14-17,20-23,26-29,32-35,37-38,41-44,47,49,53,55,59,61,74H,6-7,12-13,18-19,24-25,30-31,36,39-40,45-46,48,50-52,54,56-58,60,62-73H2,1-5H3/b10-8-,11-9-,16-14-,17-15-,22-20-,23-21-,28-26-,29-27-,34-32-,35-33-,38-37-,43-41-,44-42-,49-47-,55-53-,61-59-. The summed E-state index contributed by atoms with van der Waals surface area (Å²) in [7, 11) is 1.10. The number of rotatable bonds is 58. The number of unbranched alkanes of at least 4 members (excludes halogenated alkanes) is 12. The number of allylic oxidation sites excluding steroid dienone is 32. The van der Waals surface area contributed by atoms with Crippen LogP contribution < -0.4 is 4.89 Å². The molecule has 10 heteroatoms. The van der Waals surface area contributed by atoms with Crippen LogP contribution in [0.1, 0.15) is 219 Å². The number of carbonyl (C=O) groups is 2. The molecule has 2 unspecified atom stereocenters. The monoisotopic (exact) mass is 1210 g/mol. The lowest BCUT2D eigenvalue weighted by Gasteiger charge is -2.28. The van der Waals surface area contributed by atoms with E-state index in [0.717, 1.165) is 141 Å². The molecule has 86 heavy (non-hydrogen) atoms. The molecule has 9 nitrogen and oxygen atoms in total. The number of hydrogen-bond donors (Lipinski definition) is 0. The van der Waals surface area contributed by atoms with Gasteiger partial charge in [-0.1, -0.05) is 260 Å². The first-order valence-electron chi connectivity index (χ1n) is 33.1. The third-order valence-electron chi connectivity index (χ3n) is 13.1. The summed E-state index contributed by atoms with van der Waals surface area (Å²) in [6.45, 7) is 3.93. The normalized spacial score (nSPS) is 14.4. The molecular formula is C76H120NO8P. The molecule has 0 aromatic rings. The van der Waals surface area contributed by atoms with E-state index in [-0.39, 0.29) is 26.1 Å². The van der Waals surface area contributed by atoms with Gasteiger partial charge in [-0.05, 0) is 141 Å². The van der Waals surface area contributed by atoms with E-state index in [1.165, 1.54) is 38.5 Å². The van der Waals surface area contributed by atoms with E-state index in [4.69, 9.17) is 18.5 Å². The number of quaternary nitrogens is 1. The fourth-order valence-corrected chi connectivity index (χ4v) is 8.83. The van der Waals surface area contributed by atoms with Crippen LogP contribution in [0, 0.1) is 0 Å². The molecule has 0 amide bonds. The molecule has 482 valence electrons. The van der Waals surface area contributed by atoms with Crippen LogP contribution in [0.5, 0.6) is 0 Å². The second-order valence-electron chi connectivity index (χ2n) is 22.4. The van der Waals surface area contributed by atoms with Gasteiger partial charge in [0, 0.05) is 12.8 Å². The average Bonchev–Trinajstić information content (AvgIpc) is 3.70. The van der Waals surface area contributed by atoms with Gasteiger partial charge in [0.05, 0.1) is 27.7 Å². The van der Waals surface area contributed by atoms with Crippen LogP contribution in [0.15, 0.2) is 194 Å². The van der Waals surface area contributed by atoms with Crippen LogP contribution in [-0.4, -0.2) is 70.0 Å². The van der Waals surface area contributed by atoms with Gasteiger partial charge in [0.1, 0.15) is 19.8 Å². The first-order chi connectivity index (χ1) is 42.0. The Balaban J connectivity index is 4.27. The largest absolute Gasteiger partial charge is 0.756 e. The number of phosphoric acid groups is 1. The predicted molar refractivity (Wildman–Crippen MR) is 369 cm³/mol. The molecule has 0 bridgehead atoms. The van der Waals surface area contributed by atoms with Gasteiger partial charge in [0.2, 0.25) is 0 Å². The number of likely N-dealkylation sites (N-methyl/N-ethyl adjacent to an activating group) is 1. The zero-order valence-corrected chi connectivity index (χ0v) is 55.6. The van der Waals surface area contributed by atoms with E-state index in [1.54, 1.807) is 0 Å².